The van der Waals surface area contributed by atoms with Gasteiger partial charge in [-0.15, -0.1) is 0 Å². The lowest BCUT2D eigenvalue weighted by molar-refractivity contribution is -0.402. The molecule has 0 saturated carbocycles. The number of hydrogen-bond acceptors (Lipinski definition) is 5. The lowest BCUT2D eigenvalue weighted by Gasteiger charge is -2.31. The number of nitrogens with one attached hydrogen (secondary N) is 1. The topological polar surface area (TPSA) is 71.5 Å². The van der Waals surface area contributed by atoms with Crippen LogP contribution in [-0.4, -0.2) is 36.0 Å². The summed E-state index contributed by atoms with van der Waals surface area (Å²) in [4.78, 5) is 12.4. The molecule has 2 rings (SSSR count). The first kappa shape index (κ1) is 14.0. The van der Waals surface area contributed by atoms with Gasteiger partial charge in [0.1, 0.15) is 10.7 Å². The van der Waals surface area contributed by atoms with Gasteiger partial charge in [-0.2, -0.15) is 0 Å². The van der Waals surface area contributed by atoms with Crippen LogP contribution in [0.15, 0.2) is 16.5 Å². The highest BCUT2D eigenvalue weighted by Gasteiger charge is 2.18. The predicted octanol–water partition coefficient (Wildman–Crippen LogP) is 2.01. The molecule has 2 heterocycles. The van der Waals surface area contributed by atoms with Gasteiger partial charge in [0, 0.05) is 0 Å². The van der Waals surface area contributed by atoms with Crippen molar-refractivity contribution in [1.82, 2.24) is 10.2 Å². The first-order valence-corrected chi connectivity index (χ1v) is 6.85. The van der Waals surface area contributed by atoms with Crippen molar-refractivity contribution in [1.29, 1.82) is 0 Å². The Morgan fingerprint density at radius 2 is 2.21 bits per heavy atom. The molecule has 0 atom stereocenters. The fourth-order valence-electron chi connectivity index (χ4n) is 2.47. The van der Waals surface area contributed by atoms with Crippen molar-refractivity contribution < 1.29 is 9.34 Å². The molecular weight excluding hydrogens is 246 g/mol. The Hall–Kier alpha value is -1.40. The molecule has 106 valence electrons. The van der Waals surface area contributed by atoms with E-state index in [2.05, 4.69) is 17.1 Å². The number of nitrogens with zero attached hydrogens (tertiary/aromatic N) is 2. The van der Waals surface area contributed by atoms with Crippen LogP contribution in [0.2, 0.25) is 0 Å². The molecule has 0 aromatic carbocycles. The van der Waals surface area contributed by atoms with Crippen LogP contribution in [0.4, 0.5) is 5.88 Å². The van der Waals surface area contributed by atoms with Gasteiger partial charge in [0.2, 0.25) is 0 Å². The summed E-state index contributed by atoms with van der Waals surface area (Å²) in [6, 6.07) is 3.06. The molecule has 6 nitrogen and oxygen atoms in total. The molecule has 0 radical (unpaired) electrons. The quantitative estimate of drug-likeness (QED) is 0.630. The van der Waals surface area contributed by atoms with E-state index < -0.39 is 4.92 Å². The third-order valence-electron chi connectivity index (χ3n) is 3.71. The number of likely N-dealkylation sites (tertiary alicyclic amines) is 1. The minimum absolute atomic E-state index is 0.187. The van der Waals surface area contributed by atoms with E-state index in [4.69, 9.17) is 4.42 Å². The summed E-state index contributed by atoms with van der Waals surface area (Å²) in [7, 11) is 0. The molecule has 1 aromatic rings. The van der Waals surface area contributed by atoms with Crippen LogP contribution >= 0.6 is 0 Å². The highest BCUT2D eigenvalue weighted by atomic mass is 16.6. The predicted molar refractivity (Wildman–Crippen MR) is 71.9 cm³/mol. The number of rotatable bonds is 6. The van der Waals surface area contributed by atoms with Crippen LogP contribution in [0.1, 0.15) is 25.5 Å². The zero-order chi connectivity index (χ0) is 13.7. The summed E-state index contributed by atoms with van der Waals surface area (Å²) in [5.41, 5.74) is 0. The van der Waals surface area contributed by atoms with Crippen LogP contribution in [0.5, 0.6) is 0 Å². The van der Waals surface area contributed by atoms with Gasteiger partial charge in [-0.25, -0.2) is 0 Å². The van der Waals surface area contributed by atoms with E-state index >= 15 is 0 Å². The van der Waals surface area contributed by atoms with E-state index in [1.54, 1.807) is 6.07 Å². The van der Waals surface area contributed by atoms with Gasteiger partial charge in [-0.1, -0.05) is 6.92 Å². The van der Waals surface area contributed by atoms with Crippen LogP contribution in [-0.2, 0) is 6.54 Å². The maximum Gasteiger partial charge on any atom is 0.433 e. The van der Waals surface area contributed by atoms with Gasteiger partial charge in [-0.05, 0) is 51.0 Å². The number of furan rings is 1. The lowest BCUT2D eigenvalue weighted by Crippen LogP contribution is -2.36. The first-order valence-electron chi connectivity index (χ1n) is 6.85. The highest BCUT2D eigenvalue weighted by Crippen LogP contribution is 2.17. The van der Waals surface area contributed by atoms with Gasteiger partial charge < -0.3 is 14.6 Å². The van der Waals surface area contributed by atoms with Crippen molar-refractivity contribution in [3.63, 3.8) is 0 Å². The Morgan fingerprint density at radius 3 is 2.79 bits per heavy atom. The molecule has 1 fully saturated rings. The minimum Gasteiger partial charge on any atom is -0.404 e. The van der Waals surface area contributed by atoms with Crippen molar-refractivity contribution in [3.8, 4) is 0 Å². The second kappa shape index (κ2) is 6.68. The smallest absolute Gasteiger partial charge is 0.404 e. The van der Waals surface area contributed by atoms with Crippen molar-refractivity contribution in [3.05, 3.63) is 28.0 Å². The zero-order valence-corrected chi connectivity index (χ0v) is 11.3. The summed E-state index contributed by atoms with van der Waals surface area (Å²) >= 11 is 0. The lowest BCUT2D eigenvalue weighted by atomic mass is 9.97. The zero-order valence-electron chi connectivity index (χ0n) is 11.3. The molecule has 1 aliphatic heterocycles. The molecule has 0 unspecified atom stereocenters. The number of piperidine rings is 1. The molecule has 1 aromatic heterocycles. The third-order valence-corrected chi connectivity index (χ3v) is 3.71. The summed E-state index contributed by atoms with van der Waals surface area (Å²) in [5.74, 6) is 1.14. The number of hydrogen-bond donors (Lipinski definition) is 1. The molecule has 1 N–H and O–H groups in total. The summed E-state index contributed by atoms with van der Waals surface area (Å²) in [6.45, 7) is 7.19. The Morgan fingerprint density at radius 1 is 1.47 bits per heavy atom. The average molecular weight is 267 g/mol. The molecule has 1 aliphatic rings. The Bertz CT molecular complexity index is 411. The van der Waals surface area contributed by atoms with E-state index in [0.717, 1.165) is 13.1 Å². The molecular formula is C13H21N3O3. The van der Waals surface area contributed by atoms with Crippen LogP contribution in [0.25, 0.3) is 0 Å². The Labute approximate surface area is 112 Å². The van der Waals surface area contributed by atoms with E-state index in [-0.39, 0.29) is 5.88 Å². The Balaban J connectivity index is 1.67. The number of nitro groups is 1. The van der Waals surface area contributed by atoms with E-state index in [9.17, 15) is 10.1 Å². The molecule has 0 bridgehead atoms. The van der Waals surface area contributed by atoms with Crippen molar-refractivity contribution in [2.75, 3.05) is 26.2 Å². The van der Waals surface area contributed by atoms with Gasteiger partial charge >= 0.3 is 5.88 Å². The van der Waals surface area contributed by atoms with Gasteiger partial charge in [0.05, 0.1) is 12.6 Å². The second-order valence-corrected chi connectivity index (χ2v) is 5.01. The molecule has 6 heteroatoms. The van der Waals surface area contributed by atoms with Crippen molar-refractivity contribution in [2.24, 2.45) is 5.92 Å². The summed E-state index contributed by atoms with van der Waals surface area (Å²) in [5, 5.41) is 13.8. The fraction of sp³-hybridized carbons (Fsp3) is 0.692. The van der Waals surface area contributed by atoms with Crippen LogP contribution in [0.3, 0.4) is 0 Å². The largest absolute Gasteiger partial charge is 0.433 e. The minimum atomic E-state index is -0.510. The van der Waals surface area contributed by atoms with E-state index in [1.165, 1.54) is 32.0 Å². The van der Waals surface area contributed by atoms with Gasteiger partial charge in [0.15, 0.2) is 0 Å². The normalized spacial score (nSPS) is 17.7. The monoisotopic (exact) mass is 267 g/mol. The Kier molecular flexibility index (Phi) is 4.93. The van der Waals surface area contributed by atoms with E-state index in [0.29, 0.717) is 18.2 Å². The van der Waals surface area contributed by atoms with Crippen molar-refractivity contribution >= 4 is 5.88 Å². The average Bonchev–Trinajstić information content (AvgIpc) is 2.89. The molecule has 1 saturated heterocycles. The molecule has 19 heavy (non-hydrogen) atoms. The molecule has 0 aliphatic carbocycles. The van der Waals surface area contributed by atoms with Crippen LogP contribution in [0, 0.1) is 16.0 Å². The van der Waals surface area contributed by atoms with E-state index in [1.807, 2.05) is 0 Å². The maximum atomic E-state index is 10.5. The fourth-order valence-corrected chi connectivity index (χ4v) is 2.47. The second-order valence-electron chi connectivity index (χ2n) is 5.01. The van der Waals surface area contributed by atoms with Gasteiger partial charge in [0.25, 0.3) is 0 Å². The highest BCUT2D eigenvalue weighted by molar-refractivity contribution is 5.17. The first-order chi connectivity index (χ1) is 9.19. The summed E-state index contributed by atoms with van der Waals surface area (Å²) < 4.78 is 5.10. The SMILES string of the molecule is CCN1CCC(CNCc2ccc([N+](=O)[O-])o2)CC1. The van der Waals surface area contributed by atoms with Crippen molar-refractivity contribution in [2.45, 2.75) is 26.3 Å². The molecule has 0 amide bonds. The van der Waals surface area contributed by atoms with Crippen LogP contribution < -0.4 is 5.32 Å². The maximum absolute atomic E-state index is 10.5. The molecule has 0 spiro atoms. The standard InChI is InChI=1S/C13H21N3O3/c1-2-15-7-5-11(6-8-15)9-14-10-12-3-4-13(19-12)16(17)18/h3-4,11,14H,2,5-10H2,1H3. The van der Waals surface area contributed by atoms with Gasteiger partial charge in [-0.3, -0.25) is 10.1 Å². The third kappa shape index (κ3) is 4.04. The summed E-state index contributed by atoms with van der Waals surface area (Å²) in [6.07, 6.45) is 2.44.